The molecule has 1 aromatic rings. The normalized spacial score (nSPS) is 38.6. The predicted octanol–water partition coefficient (Wildman–Crippen LogP) is 1.71. The van der Waals surface area contributed by atoms with Gasteiger partial charge < -0.3 is 5.11 Å². The Bertz CT molecular complexity index is 627. The average Bonchev–Trinajstić information content (AvgIpc) is 2.51. The van der Waals surface area contributed by atoms with Crippen LogP contribution in [-0.2, 0) is 28.3 Å². The van der Waals surface area contributed by atoms with E-state index in [-0.39, 0.29) is 10.5 Å². The van der Waals surface area contributed by atoms with E-state index < -0.39 is 15.4 Å². The molecule has 2 fully saturated rings. The fourth-order valence-corrected chi connectivity index (χ4v) is 6.46. The van der Waals surface area contributed by atoms with Gasteiger partial charge in [0.25, 0.3) is 0 Å². The SMILES string of the molecule is O=S1(=O)C2CCC1CC(O)(c1ccc3c(c1)CC3)C2. The molecule has 2 bridgehead atoms. The van der Waals surface area contributed by atoms with Gasteiger partial charge in [0.1, 0.15) is 0 Å². The molecule has 2 saturated heterocycles. The first kappa shape index (κ1) is 11.9. The minimum absolute atomic E-state index is 0.331. The smallest absolute Gasteiger partial charge is 0.156 e. The van der Waals surface area contributed by atoms with Crippen LogP contribution in [0.3, 0.4) is 0 Å². The monoisotopic (exact) mass is 278 g/mol. The van der Waals surface area contributed by atoms with Crippen LogP contribution >= 0.6 is 0 Å². The van der Waals surface area contributed by atoms with E-state index in [9.17, 15) is 13.5 Å². The van der Waals surface area contributed by atoms with E-state index in [1.807, 2.05) is 6.07 Å². The molecule has 0 spiro atoms. The summed E-state index contributed by atoms with van der Waals surface area (Å²) < 4.78 is 24.2. The summed E-state index contributed by atoms with van der Waals surface area (Å²) in [5.41, 5.74) is 2.70. The highest BCUT2D eigenvalue weighted by Crippen LogP contribution is 2.48. The largest absolute Gasteiger partial charge is 0.385 e. The minimum Gasteiger partial charge on any atom is -0.385 e. The first-order chi connectivity index (χ1) is 8.99. The number of hydrogen-bond acceptors (Lipinski definition) is 3. The number of sulfone groups is 1. The van der Waals surface area contributed by atoms with Gasteiger partial charge in [-0.3, -0.25) is 0 Å². The molecule has 0 aromatic heterocycles. The standard InChI is InChI=1S/C15H18O3S/c16-15(12-4-3-10-1-2-11(10)7-12)8-13-5-6-14(9-15)19(13,17)18/h3-4,7,13-14,16H,1-2,5-6,8-9H2. The lowest BCUT2D eigenvalue weighted by molar-refractivity contribution is 0.0172. The van der Waals surface area contributed by atoms with Gasteiger partial charge in [0.15, 0.2) is 9.84 Å². The van der Waals surface area contributed by atoms with Crippen molar-refractivity contribution in [3.63, 3.8) is 0 Å². The zero-order valence-corrected chi connectivity index (χ0v) is 11.6. The molecule has 0 amide bonds. The summed E-state index contributed by atoms with van der Waals surface area (Å²) in [7, 11) is -2.97. The van der Waals surface area contributed by atoms with Gasteiger partial charge in [0.05, 0.1) is 16.1 Å². The molecule has 2 heterocycles. The van der Waals surface area contributed by atoms with Crippen LogP contribution in [0.4, 0.5) is 0 Å². The van der Waals surface area contributed by atoms with E-state index in [0.717, 1.165) is 31.2 Å². The van der Waals surface area contributed by atoms with Crippen LogP contribution in [0.25, 0.3) is 0 Å². The molecule has 1 aromatic carbocycles. The summed E-state index contributed by atoms with van der Waals surface area (Å²) in [6.07, 6.45) is 4.42. The van der Waals surface area contributed by atoms with Crippen molar-refractivity contribution in [1.29, 1.82) is 0 Å². The van der Waals surface area contributed by atoms with E-state index in [2.05, 4.69) is 12.1 Å². The number of hydrogen-bond donors (Lipinski definition) is 1. The molecule has 0 radical (unpaired) electrons. The topological polar surface area (TPSA) is 54.4 Å². The summed E-state index contributed by atoms with van der Waals surface area (Å²) in [6.45, 7) is 0. The second kappa shape index (κ2) is 3.61. The molecular weight excluding hydrogens is 260 g/mol. The van der Waals surface area contributed by atoms with E-state index in [4.69, 9.17) is 0 Å². The lowest BCUT2D eigenvalue weighted by atomic mass is 9.80. The van der Waals surface area contributed by atoms with E-state index in [0.29, 0.717) is 12.8 Å². The number of aliphatic hydroxyl groups is 1. The number of rotatable bonds is 1. The predicted molar refractivity (Wildman–Crippen MR) is 72.7 cm³/mol. The quantitative estimate of drug-likeness (QED) is 0.851. The molecule has 3 nitrogen and oxygen atoms in total. The third kappa shape index (κ3) is 1.56. The van der Waals surface area contributed by atoms with Gasteiger partial charge in [-0.2, -0.15) is 0 Å². The lowest BCUT2D eigenvalue weighted by Gasteiger charge is -2.37. The summed E-state index contributed by atoms with van der Waals surface area (Å²) in [5.74, 6) is 0. The van der Waals surface area contributed by atoms with Crippen molar-refractivity contribution < 1.29 is 13.5 Å². The van der Waals surface area contributed by atoms with Crippen LogP contribution in [0, 0.1) is 0 Å². The molecule has 0 saturated carbocycles. The van der Waals surface area contributed by atoms with Gasteiger partial charge in [-0.1, -0.05) is 18.2 Å². The highest BCUT2D eigenvalue weighted by molar-refractivity contribution is 7.93. The van der Waals surface area contributed by atoms with Crippen LogP contribution in [0.5, 0.6) is 0 Å². The Labute approximate surface area is 113 Å². The maximum Gasteiger partial charge on any atom is 0.156 e. The summed E-state index contributed by atoms with van der Waals surface area (Å²) in [6, 6.07) is 6.18. The first-order valence-electron chi connectivity index (χ1n) is 7.06. The molecule has 2 atom stereocenters. The van der Waals surface area contributed by atoms with Crippen LogP contribution in [0.1, 0.15) is 42.4 Å². The Morgan fingerprint density at radius 2 is 1.68 bits per heavy atom. The van der Waals surface area contributed by atoms with Crippen molar-refractivity contribution in [3.05, 3.63) is 34.9 Å². The fraction of sp³-hybridized carbons (Fsp3) is 0.600. The third-order valence-electron chi connectivity index (χ3n) is 5.28. The van der Waals surface area contributed by atoms with E-state index in [1.165, 1.54) is 11.1 Å². The second-order valence-corrected chi connectivity index (χ2v) is 8.85. The molecule has 2 aliphatic heterocycles. The third-order valence-corrected chi connectivity index (χ3v) is 7.94. The van der Waals surface area contributed by atoms with Crippen molar-refractivity contribution in [3.8, 4) is 0 Å². The summed E-state index contributed by atoms with van der Waals surface area (Å²) >= 11 is 0. The van der Waals surface area contributed by atoms with Crippen LogP contribution in [0.2, 0.25) is 0 Å². The van der Waals surface area contributed by atoms with Crippen LogP contribution in [0.15, 0.2) is 18.2 Å². The Kier molecular flexibility index (Phi) is 2.26. The summed E-state index contributed by atoms with van der Waals surface area (Å²) in [4.78, 5) is 0. The zero-order chi connectivity index (χ0) is 13.3. The van der Waals surface area contributed by atoms with Crippen molar-refractivity contribution in [2.75, 3.05) is 0 Å². The maximum atomic E-state index is 12.1. The van der Waals surface area contributed by atoms with Crippen molar-refractivity contribution in [2.24, 2.45) is 0 Å². The number of fused-ring (bicyclic) bond motifs is 3. The van der Waals surface area contributed by atoms with Gasteiger partial charge in [-0.25, -0.2) is 8.42 Å². The zero-order valence-electron chi connectivity index (χ0n) is 10.8. The average molecular weight is 278 g/mol. The van der Waals surface area contributed by atoms with E-state index in [1.54, 1.807) is 0 Å². The van der Waals surface area contributed by atoms with Gasteiger partial charge in [-0.15, -0.1) is 0 Å². The maximum absolute atomic E-state index is 12.1. The second-order valence-electron chi connectivity index (χ2n) is 6.33. The molecule has 3 aliphatic rings. The molecule has 102 valence electrons. The van der Waals surface area contributed by atoms with Gasteiger partial charge in [0, 0.05) is 0 Å². The Hall–Kier alpha value is -0.870. The number of aryl methyl sites for hydroxylation is 2. The molecule has 1 N–H and O–H groups in total. The minimum atomic E-state index is -2.97. The van der Waals surface area contributed by atoms with Gasteiger partial charge in [0.2, 0.25) is 0 Å². The Balaban J connectivity index is 1.73. The highest BCUT2D eigenvalue weighted by atomic mass is 32.2. The van der Waals surface area contributed by atoms with Crippen molar-refractivity contribution >= 4 is 9.84 Å². The molecule has 1 aliphatic carbocycles. The summed E-state index contributed by atoms with van der Waals surface area (Å²) in [5, 5.41) is 10.3. The molecular formula is C15H18O3S. The molecule has 19 heavy (non-hydrogen) atoms. The van der Waals surface area contributed by atoms with Gasteiger partial charge in [-0.05, 0) is 55.2 Å². The lowest BCUT2D eigenvalue weighted by Crippen LogP contribution is -2.43. The molecule has 4 rings (SSSR count). The Morgan fingerprint density at radius 1 is 1.05 bits per heavy atom. The molecule has 2 unspecified atom stereocenters. The Morgan fingerprint density at radius 3 is 2.21 bits per heavy atom. The molecule has 4 heteroatoms. The van der Waals surface area contributed by atoms with E-state index >= 15 is 0 Å². The van der Waals surface area contributed by atoms with Crippen LogP contribution in [-0.4, -0.2) is 24.0 Å². The first-order valence-corrected chi connectivity index (χ1v) is 8.67. The number of benzene rings is 1. The van der Waals surface area contributed by atoms with Crippen molar-refractivity contribution in [1.82, 2.24) is 0 Å². The van der Waals surface area contributed by atoms with Crippen molar-refractivity contribution in [2.45, 2.75) is 54.6 Å². The highest BCUT2D eigenvalue weighted by Gasteiger charge is 2.53. The van der Waals surface area contributed by atoms with Gasteiger partial charge >= 0.3 is 0 Å². The van der Waals surface area contributed by atoms with Crippen LogP contribution < -0.4 is 0 Å². The fourth-order valence-electron chi connectivity index (χ4n) is 3.97.